The number of Topliss-reactive ketones (excluding diaryl/α,β-unsaturated/α-hetero) is 2. The number of likely N-dealkylation sites (N-methyl/N-ethyl adjacent to an activating group) is 1. The van der Waals surface area contributed by atoms with Crippen molar-refractivity contribution < 1.29 is 29.0 Å². The summed E-state index contributed by atoms with van der Waals surface area (Å²) in [5.74, 6) is -0.946. The summed E-state index contributed by atoms with van der Waals surface area (Å²) in [4.78, 5) is 47.2. The zero-order valence-electron chi connectivity index (χ0n) is 29.2. The van der Waals surface area contributed by atoms with Crippen LogP contribution in [-0.2, 0) is 19.7 Å². The number of nitrogen functional groups attached to an aromatic ring is 1. The van der Waals surface area contributed by atoms with E-state index in [0.717, 1.165) is 69.0 Å². The maximum atomic E-state index is 14.4. The van der Waals surface area contributed by atoms with Gasteiger partial charge in [-0.25, -0.2) is 9.78 Å². The Morgan fingerprint density at radius 1 is 1.10 bits per heavy atom. The minimum absolute atomic E-state index is 0.00873. The zero-order chi connectivity index (χ0) is 35.1. The molecule has 5 aliphatic rings. The molecule has 0 radical (unpaired) electrons. The van der Waals surface area contributed by atoms with Crippen molar-refractivity contribution in [3.63, 3.8) is 0 Å². The number of carbonyl (C=O) groups is 3. The van der Waals surface area contributed by atoms with E-state index in [1.165, 1.54) is 5.57 Å². The fourth-order valence-corrected chi connectivity index (χ4v) is 9.39. The van der Waals surface area contributed by atoms with Crippen molar-refractivity contribution in [2.75, 3.05) is 25.5 Å². The van der Waals surface area contributed by atoms with Gasteiger partial charge in [-0.05, 0) is 92.2 Å². The molecule has 4 aliphatic carbocycles. The number of ketones is 2. The molecule has 1 saturated carbocycles. The van der Waals surface area contributed by atoms with Crippen LogP contribution in [0.25, 0.3) is 0 Å². The van der Waals surface area contributed by atoms with E-state index in [9.17, 15) is 19.5 Å². The highest BCUT2D eigenvalue weighted by molar-refractivity contribution is 6.32. The number of aliphatic hydroxyl groups is 1. The van der Waals surface area contributed by atoms with Crippen LogP contribution in [0.5, 0.6) is 0 Å². The molecule has 2 aromatic rings. The van der Waals surface area contributed by atoms with Crippen molar-refractivity contribution in [3.8, 4) is 0 Å². The molecule has 4 N–H and O–H groups in total. The zero-order valence-corrected chi connectivity index (χ0v) is 29.2. The van der Waals surface area contributed by atoms with Crippen LogP contribution >= 0.6 is 0 Å². The van der Waals surface area contributed by atoms with Gasteiger partial charge in [0.2, 0.25) is 5.78 Å². The van der Waals surface area contributed by atoms with Crippen molar-refractivity contribution >= 4 is 23.4 Å². The monoisotopic (exact) mass is 679 g/mol. The van der Waals surface area contributed by atoms with Gasteiger partial charge in [-0.2, -0.15) is 0 Å². The number of nitrogens with one attached hydrogen (secondary N) is 1. The number of rotatable bonds is 11. The number of anilines is 1. The van der Waals surface area contributed by atoms with E-state index in [2.05, 4.69) is 35.5 Å². The second kappa shape index (κ2) is 13.7. The van der Waals surface area contributed by atoms with Crippen molar-refractivity contribution in [3.05, 3.63) is 94.2 Å². The summed E-state index contributed by atoms with van der Waals surface area (Å²) in [5, 5.41) is 14.4. The Kier molecular flexibility index (Phi) is 9.43. The van der Waals surface area contributed by atoms with Gasteiger partial charge in [0.05, 0.1) is 13.2 Å². The normalized spacial score (nSPS) is 30.0. The summed E-state index contributed by atoms with van der Waals surface area (Å²) in [5.41, 5.74) is 6.36. The van der Waals surface area contributed by atoms with Gasteiger partial charge in [-0.3, -0.25) is 9.59 Å². The first-order valence-corrected chi connectivity index (χ1v) is 18.4. The molecule has 50 heavy (non-hydrogen) atoms. The van der Waals surface area contributed by atoms with Gasteiger partial charge >= 0.3 is 5.97 Å². The third kappa shape index (κ3) is 5.77. The number of hydrogen-bond donors (Lipinski definition) is 3. The Balaban J connectivity index is 1.19. The first kappa shape index (κ1) is 34.5. The lowest BCUT2D eigenvalue weighted by Gasteiger charge is -2.39. The third-order valence-electron chi connectivity index (χ3n) is 12.1. The number of epoxide rings is 1. The van der Waals surface area contributed by atoms with Gasteiger partial charge in [0.15, 0.2) is 11.4 Å². The number of allylic oxidation sites excluding steroid dienone is 4. The van der Waals surface area contributed by atoms with Crippen LogP contribution in [-0.4, -0.2) is 64.6 Å². The molecule has 1 aromatic carbocycles. The Hall–Kier alpha value is -3.92. The van der Waals surface area contributed by atoms with Crippen molar-refractivity contribution in [2.24, 2.45) is 11.8 Å². The Labute approximate surface area is 294 Å². The molecule has 1 aliphatic heterocycles. The molecule has 9 heteroatoms. The fraction of sp³-hybridized carbons (Fsp3) is 0.512. The van der Waals surface area contributed by atoms with E-state index in [1.54, 1.807) is 30.5 Å². The molecule has 1 aromatic heterocycles. The number of carbonyl (C=O) groups excluding carboxylic acids is 3. The quantitative estimate of drug-likeness (QED) is 0.113. The predicted octanol–water partition coefficient (Wildman–Crippen LogP) is 5.98. The third-order valence-corrected chi connectivity index (χ3v) is 12.1. The number of fused-ring (bicyclic) bond motifs is 3. The number of nitrogens with zero attached hydrogens (tertiary/aromatic N) is 1. The smallest absolute Gasteiger partial charge is 0.350 e. The van der Waals surface area contributed by atoms with Crippen LogP contribution in [0.1, 0.15) is 104 Å². The molecular formula is C41H49N3O6. The lowest BCUT2D eigenvalue weighted by molar-refractivity contribution is -0.150. The summed E-state index contributed by atoms with van der Waals surface area (Å²) < 4.78 is 12.3. The standard InChI is InChI=1S/C41H49N3O6/c1-3-43-34-20-28-12-6-5-11-27(28)19-29(34)25-49-38(48)41-37(47)33-14-8-7-13-32(33)36(46)40(41,50-41)23-30(24-45)26(2)22-39(16-9-4-10-17-39)31-15-18-44-35(42)21-31/h6-8,12-15,18,20-21,27,29,34,43,45H,3-5,9-11,16-17,19,22-25H2,1-2H3,(H2,42,44)/b30-26-/t27-,29-,34+,40-,41-/m0/s1. The average molecular weight is 680 g/mol. The largest absolute Gasteiger partial charge is 0.463 e. The molecule has 9 nitrogen and oxygen atoms in total. The second-order valence-electron chi connectivity index (χ2n) is 15.0. The Morgan fingerprint density at radius 3 is 2.58 bits per heavy atom. The van der Waals surface area contributed by atoms with Crippen molar-refractivity contribution in [2.45, 2.75) is 101 Å². The minimum atomic E-state index is -2.10. The molecule has 0 spiro atoms. The lowest BCUT2D eigenvalue weighted by atomic mass is 9.65. The highest BCUT2D eigenvalue weighted by Gasteiger charge is 2.85. The van der Waals surface area contributed by atoms with Gasteiger partial charge in [-0.1, -0.05) is 74.3 Å². The van der Waals surface area contributed by atoms with Gasteiger partial charge in [0.25, 0.3) is 5.60 Å². The summed E-state index contributed by atoms with van der Waals surface area (Å²) in [7, 11) is 0. The molecule has 0 bridgehead atoms. The van der Waals surface area contributed by atoms with Crippen LogP contribution in [0.2, 0.25) is 0 Å². The SMILES string of the molecule is CCN[C@@H]1C=C2C=CCC[C@H]2C[C@H]1COC(=O)[C@]12O[C@@]1(C/C(CO)=C(\C)CC1(c3ccnc(N)c3)CCCCC1)C(=O)c1ccccc1C2=O. The van der Waals surface area contributed by atoms with E-state index in [-0.39, 0.29) is 48.1 Å². The number of hydrogen-bond acceptors (Lipinski definition) is 9. The summed E-state index contributed by atoms with van der Waals surface area (Å²) in [6, 6.07) is 10.6. The molecule has 2 fully saturated rings. The van der Waals surface area contributed by atoms with Gasteiger partial charge in [-0.15, -0.1) is 0 Å². The Bertz CT molecular complexity index is 1770. The maximum absolute atomic E-state index is 14.4. The van der Waals surface area contributed by atoms with Crippen LogP contribution < -0.4 is 11.1 Å². The number of pyridine rings is 1. The number of aliphatic hydroxyl groups excluding tert-OH is 1. The topological polar surface area (TPSA) is 144 Å². The average Bonchev–Trinajstić information content (AvgIpc) is 3.84. The number of ether oxygens (including phenoxy) is 2. The summed E-state index contributed by atoms with van der Waals surface area (Å²) in [6.07, 6.45) is 17.1. The van der Waals surface area contributed by atoms with E-state index in [1.807, 2.05) is 19.1 Å². The molecule has 0 amide bonds. The highest BCUT2D eigenvalue weighted by atomic mass is 16.7. The molecule has 1 saturated heterocycles. The number of aromatic nitrogens is 1. The molecule has 0 unspecified atom stereocenters. The van der Waals surface area contributed by atoms with Crippen LogP contribution in [0.15, 0.2) is 77.5 Å². The fourth-order valence-electron chi connectivity index (χ4n) is 9.39. The lowest BCUT2D eigenvalue weighted by Crippen LogP contribution is -2.51. The van der Waals surface area contributed by atoms with Gasteiger partial charge in [0.1, 0.15) is 5.82 Å². The molecular weight excluding hydrogens is 630 g/mol. The van der Waals surface area contributed by atoms with E-state index in [0.29, 0.717) is 23.7 Å². The van der Waals surface area contributed by atoms with Crippen LogP contribution in [0, 0.1) is 11.8 Å². The van der Waals surface area contributed by atoms with Crippen LogP contribution in [0.4, 0.5) is 5.82 Å². The van der Waals surface area contributed by atoms with Crippen molar-refractivity contribution in [1.29, 1.82) is 0 Å². The van der Waals surface area contributed by atoms with Crippen LogP contribution in [0.3, 0.4) is 0 Å². The first-order chi connectivity index (χ1) is 24.2. The number of esters is 1. The molecule has 264 valence electrons. The highest BCUT2D eigenvalue weighted by Crippen LogP contribution is 2.60. The summed E-state index contributed by atoms with van der Waals surface area (Å²) in [6.45, 7) is 4.55. The molecule has 5 atom stereocenters. The van der Waals surface area contributed by atoms with E-state index >= 15 is 0 Å². The van der Waals surface area contributed by atoms with E-state index in [4.69, 9.17) is 15.2 Å². The van der Waals surface area contributed by atoms with Crippen molar-refractivity contribution in [1.82, 2.24) is 10.3 Å². The molecule has 7 rings (SSSR count). The predicted molar refractivity (Wildman–Crippen MR) is 191 cm³/mol. The Morgan fingerprint density at radius 2 is 1.86 bits per heavy atom. The number of nitrogens with two attached hydrogens (primary N) is 1. The minimum Gasteiger partial charge on any atom is -0.463 e. The van der Waals surface area contributed by atoms with E-state index < -0.39 is 28.7 Å². The number of benzene rings is 1. The maximum Gasteiger partial charge on any atom is 0.350 e. The first-order valence-electron chi connectivity index (χ1n) is 18.4. The van der Waals surface area contributed by atoms with Gasteiger partial charge in [0, 0.05) is 35.7 Å². The molecule has 2 heterocycles. The second-order valence-corrected chi connectivity index (χ2v) is 15.0. The van der Waals surface area contributed by atoms with Gasteiger partial charge < -0.3 is 25.6 Å². The summed E-state index contributed by atoms with van der Waals surface area (Å²) >= 11 is 0.